The van der Waals surface area contributed by atoms with Gasteiger partial charge in [-0.15, -0.1) is 0 Å². The van der Waals surface area contributed by atoms with Crippen molar-refractivity contribution >= 4 is 5.95 Å². The number of rotatable bonds is 4. The van der Waals surface area contributed by atoms with Gasteiger partial charge in [0.25, 0.3) is 5.56 Å². The summed E-state index contributed by atoms with van der Waals surface area (Å²) >= 11 is 0. The second kappa shape index (κ2) is 7.16. The second-order valence-corrected chi connectivity index (χ2v) is 7.63. The highest BCUT2D eigenvalue weighted by Gasteiger charge is 2.36. The number of benzene rings is 1. The van der Waals surface area contributed by atoms with Crippen LogP contribution in [0.3, 0.4) is 0 Å². The predicted molar refractivity (Wildman–Crippen MR) is 107 cm³/mol. The molecule has 0 aliphatic carbocycles. The molecule has 1 aliphatic rings. The van der Waals surface area contributed by atoms with E-state index in [-0.39, 0.29) is 11.1 Å². The van der Waals surface area contributed by atoms with Crippen molar-refractivity contribution in [2.75, 3.05) is 11.4 Å². The van der Waals surface area contributed by atoms with E-state index in [4.69, 9.17) is 4.98 Å². The van der Waals surface area contributed by atoms with Crippen LogP contribution in [0.1, 0.15) is 31.9 Å². The van der Waals surface area contributed by atoms with Gasteiger partial charge < -0.3 is 10.0 Å². The Balaban J connectivity index is 1.77. The predicted octanol–water partition coefficient (Wildman–Crippen LogP) is 2.42. The molecule has 7 heteroatoms. The van der Waals surface area contributed by atoms with Crippen LogP contribution in [0.15, 0.2) is 59.8 Å². The van der Waals surface area contributed by atoms with Gasteiger partial charge >= 0.3 is 0 Å². The zero-order valence-electron chi connectivity index (χ0n) is 16.0. The Hall–Kier alpha value is -3.06. The number of aliphatic hydroxyl groups is 1. The maximum atomic E-state index is 12.8. The van der Waals surface area contributed by atoms with Crippen molar-refractivity contribution < 1.29 is 5.11 Å². The van der Waals surface area contributed by atoms with Gasteiger partial charge in [0.2, 0.25) is 5.95 Å². The fourth-order valence-corrected chi connectivity index (χ4v) is 3.56. The van der Waals surface area contributed by atoms with Crippen molar-refractivity contribution in [3.8, 4) is 11.4 Å². The molecule has 0 radical (unpaired) electrons. The lowest BCUT2D eigenvalue weighted by molar-refractivity contribution is 0.169. The molecule has 4 rings (SSSR count). The van der Waals surface area contributed by atoms with Crippen molar-refractivity contribution in [3.05, 3.63) is 70.9 Å². The lowest BCUT2D eigenvalue weighted by Gasteiger charge is -2.45. The van der Waals surface area contributed by atoms with E-state index in [1.54, 1.807) is 16.8 Å². The maximum Gasteiger partial charge on any atom is 0.255 e. The van der Waals surface area contributed by atoms with Crippen molar-refractivity contribution in [1.29, 1.82) is 0 Å². The molecule has 2 aromatic heterocycles. The molecular weight excluding hydrogens is 354 g/mol. The molecule has 0 spiro atoms. The van der Waals surface area contributed by atoms with Gasteiger partial charge in [-0.25, -0.2) is 15.0 Å². The SMILES string of the molecule is CC1(C)CCn2c(nc(-c3ccncn3)cc2=O)N1C[C@H](O)c1ccccc1. The molecule has 3 heterocycles. The molecule has 0 unspecified atom stereocenters. The molecule has 0 amide bonds. The third kappa shape index (κ3) is 3.41. The molecule has 0 saturated heterocycles. The summed E-state index contributed by atoms with van der Waals surface area (Å²) < 4.78 is 1.67. The zero-order chi connectivity index (χ0) is 19.7. The first-order chi connectivity index (χ1) is 13.5. The van der Waals surface area contributed by atoms with Crippen LogP contribution in [0.5, 0.6) is 0 Å². The Morgan fingerprint density at radius 2 is 1.96 bits per heavy atom. The summed E-state index contributed by atoms with van der Waals surface area (Å²) in [7, 11) is 0. The number of β-amino-alcohol motifs (C(OH)–C–C–N with tert-alkyl or cyclic N) is 1. The van der Waals surface area contributed by atoms with E-state index in [2.05, 4.69) is 23.8 Å². The Bertz CT molecular complexity index is 1020. The van der Waals surface area contributed by atoms with Gasteiger partial charge in [-0.2, -0.15) is 0 Å². The number of nitrogens with zero attached hydrogens (tertiary/aromatic N) is 5. The van der Waals surface area contributed by atoms with Crippen molar-refractivity contribution in [2.45, 2.75) is 38.5 Å². The van der Waals surface area contributed by atoms with E-state index in [9.17, 15) is 9.90 Å². The first kappa shape index (κ1) is 18.3. The number of aliphatic hydroxyl groups excluding tert-OH is 1. The van der Waals surface area contributed by atoms with Crippen LogP contribution in [-0.2, 0) is 6.54 Å². The minimum absolute atomic E-state index is 0.117. The van der Waals surface area contributed by atoms with Crippen molar-refractivity contribution in [1.82, 2.24) is 19.5 Å². The quantitative estimate of drug-likeness (QED) is 0.752. The highest BCUT2D eigenvalue weighted by Crippen LogP contribution is 2.33. The molecule has 1 aromatic carbocycles. The molecule has 28 heavy (non-hydrogen) atoms. The molecule has 1 N–H and O–H groups in total. The monoisotopic (exact) mass is 377 g/mol. The fraction of sp³-hybridized carbons (Fsp3) is 0.333. The maximum absolute atomic E-state index is 12.8. The topological polar surface area (TPSA) is 84.1 Å². The van der Waals surface area contributed by atoms with Gasteiger partial charge in [0.15, 0.2) is 0 Å². The van der Waals surface area contributed by atoms with E-state index in [0.29, 0.717) is 30.4 Å². The first-order valence-electron chi connectivity index (χ1n) is 9.35. The van der Waals surface area contributed by atoms with E-state index < -0.39 is 6.10 Å². The Morgan fingerprint density at radius 3 is 2.68 bits per heavy atom. The van der Waals surface area contributed by atoms with Crippen molar-refractivity contribution in [3.63, 3.8) is 0 Å². The van der Waals surface area contributed by atoms with Gasteiger partial charge in [0.05, 0.1) is 24.0 Å². The number of aromatic nitrogens is 4. The molecule has 144 valence electrons. The van der Waals surface area contributed by atoms with Gasteiger partial charge in [-0.1, -0.05) is 30.3 Å². The summed E-state index contributed by atoms with van der Waals surface area (Å²) in [6, 6.07) is 12.8. The highest BCUT2D eigenvalue weighted by atomic mass is 16.3. The smallest absolute Gasteiger partial charge is 0.255 e. The van der Waals surface area contributed by atoms with Crippen LogP contribution < -0.4 is 10.5 Å². The highest BCUT2D eigenvalue weighted by molar-refractivity contribution is 5.56. The summed E-state index contributed by atoms with van der Waals surface area (Å²) in [5, 5.41) is 10.8. The minimum atomic E-state index is -0.688. The van der Waals surface area contributed by atoms with Crippen LogP contribution in [0.2, 0.25) is 0 Å². The fourth-order valence-electron chi connectivity index (χ4n) is 3.56. The van der Waals surface area contributed by atoms with E-state index in [1.165, 1.54) is 12.4 Å². The van der Waals surface area contributed by atoms with Crippen LogP contribution in [-0.4, -0.2) is 36.7 Å². The van der Waals surface area contributed by atoms with Gasteiger partial charge in [0, 0.05) is 24.3 Å². The molecule has 1 atom stereocenters. The summed E-state index contributed by atoms with van der Waals surface area (Å²) in [6.45, 7) is 5.16. The van der Waals surface area contributed by atoms with Crippen LogP contribution in [0.25, 0.3) is 11.4 Å². The minimum Gasteiger partial charge on any atom is -0.387 e. The van der Waals surface area contributed by atoms with E-state index in [0.717, 1.165) is 12.0 Å². The Kier molecular flexibility index (Phi) is 4.68. The molecule has 3 aromatic rings. The van der Waals surface area contributed by atoms with Crippen molar-refractivity contribution in [2.24, 2.45) is 0 Å². The molecule has 0 saturated carbocycles. The zero-order valence-corrected chi connectivity index (χ0v) is 16.0. The molecular formula is C21H23N5O2. The third-order valence-electron chi connectivity index (χ3n) is 5.29. The molecule has 0 bridgehead atoms. The first-order valence-corrected chi connectivity index (χ1v) is 9.35. The lowest BCUT2D eigenvalue weighted by Crippen LogP contribution is -2.53. The van der Waals surface area contributed by atoms with E-state index >= 15 is 0 Å². The summed E-state index contributed by atoms with van der Waals surface area (Å²) in [5.74, 6) is 0.562. The normalized spacial score (nSPS) is 16.5. The number of hydrogen-bond donors (Lipinski definition) is 1. The Morgan fingerprint density at radius 1 is 1.18 bits per heavy atom. The number of hydrogen-bond acceptors (Lipinski definition) is 6. The van der Waals surface area contributed by atoms with Crippen LogP contribution >= 0.6 is 0 Å². The largest absolute Gasteiger partial charge is 0.387 e. The number of anilines is 1. The lowest BCUT2D eigenvalue weighted by atomic mass is 9.95. The van der Waals surface area contributed by atoms with Gasteiger partial charge in [-0.3, -0.25) is 9.36 Å². The summed E-state index contributed by atoms with van der Waals surface area (Å²) in [5.41, 5.74) is 1.58. The molecule has 1 aliphatic heterocycles. The summed E-state index contributed by atoms with van der Waals surface area (Å²) in [4.78, 5) is 27.7. The molecule has 0 fully saturated rings. The average Bonchev–Trinajstić information content (AvgIpc) is 2.71. The standard InChI is InChI=1S/C21H23N5O2/c1-21(2)9-11-25-19(28)12-17(16-8-10-22-14-23-16)24-20(25)26(21)13-18(27)15-6-4-3-5-7-15/h3-8,10,12,14,18,27H,9,11,13H2,1-2H3/t18-/m0/s1. The van der Waals surface area contributed by atoms with Gasteiger partial charge in [0.1, 0.15) is 6.33 Å². The van der Waals surface area contributed by atoms with Crippen LogP contribution in [0, 0.1) is 0 Å². The average molecular weight is 377 g/mol. The van der Waals surface area contributed by atoms with Crippen LogP contribution in [0.4, 0.5) is 5.95 Å². The van der Waals surface area contributed by atoms with E-state index in [1.807, 2.05) is 35.2 Å². The number of fused-ring (bicyclic) bond motifs is 1. The summed E-state index contributed by atoms with van der Waals surface area (Å²) in [6.07, 6.45) is 3.17. The second-order valence-electron chi connectivity index (χ2n) is 7.63. The Labute approximate surface area is 163 Å². The molecule has 7 nitrogen and oxygen atoms in total. The van der Waals surface area contributed by atoms with Gasteiger partial charge in [-0.05, 0) is 31.9 Å². The third-order valence-corrected chi connectivity index (χ3v) is 5.29.